The Kier molecular flexibility index (Phi) is 6.72. The van der Waals surface area contributed by atoms with Crippen molar-refractivity contribution in [2.75, 3.05) is 0 Å². The van der Waals surface area contributed by atoms with Gasteiger partial charge in [-0.1, -0.05) is 45.1 Å². The van der Waals surface area contributed by atoms with Gasteiger partial charge in [0.05, 0.1) is 11.7 Å². The molecule has 1 aliphatic heterocycles. The van der Waals surface area contributed by atoms with Crippen molar-refractivity contribution in [3.63, 3.8) is 0 Å². The summed E-state index contributed by atoms with van der Waals surface area (Å²) in [6.45, 7) is 13.0. The lowest BCUT2D eigenvalue weighted by molar-refractivity contribution is 0.0933. The molecule has 1 amide bonds. The molecule has 0 radical (unpaired) electrons. The van der Waals surface area contributed by atoms with Gasteiger partial charge in [0.15, 0.2) is 8.32 Å². The van der Waals surface area contributed by atoms with Gasteiger partial charge in [-0.3, -0.25) is 4.79 Å². The molecule has 1 fully saturated rings. The third-order valence-electron chi connectivity index (χ3n) is 6.89. The highest BCUT2D eigenvalue weighted by atomic mass is 28.4. The Morgan fingerprint density at radius 3 is 2.45 bits per heavy atom. The van der Waals surface area contributed by atoms with Crippen molar-refractivity contribution in [1.82, 2.24) is 5.32 Å². The molecule has 2 aliphatic rings. The largest absolute Gasteiger partial charge is 0.508 e. The van der Waals surface area contributed by atoms with Crippen LogP contribution < -0.4 is 5.32 Å². The number of amides is 1. The molecule has 31 heavy (non-hydrogen) atoms. The number of phenols is 2. The molecule has 0 saturated heterocycles. The van der Waals surface area contributed by atoms with Crippen molar-refractivity contribution in [2.24, 2.45) is 11.8 Å². The van der Waals surface area contributed by atoms with Crippen LogP contribution in [-0.4, -0.2) is 36.6 Å². The Morgan fingerprint density at radius 1 is 1.10 bits per heavy atom. The Labute approximate surface area is 187 Å². The fourth-order valence-electron chi connectivity index (χ4n) is 3.99. The Morgan fingerprint density at radius 2 is 1.77 bits per heavy atom. The fourth-order valence-corrected chi connectivity index (χ4v) is 5.27. The fraction of sp³-hybridized carbons (Fsp3) is 0.560. The van der Waals surface area contributed by atoms with E-state index in [-0.39, 0.29) is 40.2 Å². The van der Waals surface area contributed by atoms with Crippen LogP contribution in [0.5, 0.6) is 11.5 Å². The molecule has 0 aromatic heterocycles. The first kappa shape index (κ1) is 23.6. The second-order valence-corrected chi connectivity index (χ2v) is 15.4. The van der Waals surface area contributed by atoms with Crippen molar-refractivity contribution in [3.05, 3.63) is 47.6 Å². The number of rotatable bonds is 2. The maximum Gasteiger partial charge on any atom is 0.255 e. The molecule has 1 aromatic rings. The molecule has 1 aliphatic carbocycles. The predicted octanol–water partition coefficient (Wildman–Crippen LogP) is 5.30. The van der Waals surface area contributed by atoms with Gasteiger partial charge in [0.2, 0.25) is 0 Å². The molecule has 170 valence electrons. The van der Waals surface area contributed by atoms with Crippen LogP contribution in [-0.2, 0) is 10.8 Å². The molecule has 1 aromatic carbocycles. The molecule has 1 saturated carbocycles. The topological polar surface area (TPSA) is 78.8 Å². The molecule has 6 heteroatoms. The van der Waals surface area contributed by atoms with Gasteiger partial charge in [-0.15, -0.1) is 0 Å². The standard InChI is InChI=1S/C25H37NO4Si/c1-16-11-18-12-17(18)9-7-8-10-21(30-31(5,6)25(2,3)4)14-19-13-20(27)15-22(28)23(19)24(29)26-16/h7-10,13,15-18,21,27-28H,11-12,14H2,1-6H3,(H,26,29)/b9-7-,10-8+/t16-,17+,18+,21?/m1/s1. The van der Waals surface area contributed by atoms with Crippen molar-refractivity contribution in [3.8, 4) is 11.5 Å². The number of allylic oxidation sites excluding steroid dienone is 3. The smallest absolute Gasteiger partial charge is 0.255 e. The first-order valence-electron chi connectivity index (χ1n) is 11.3. The Balaban J connectivity index is 2.00. The summed E-state index contributed by atoms with van der Waals surface area (Å²) >= 11 is 0. The van der Waals surface area contributed by atoms with Crippen molar-refractivity contribution in [2.45, 2.75) is 77.2 Å². The molecule has 0 spiro atoms. The number of carbonyl (C=O) groups is 1. The number of hydrogen-bond acceptors (Lipinski definition) is 4. The summed E-state index contributed by atoms with van der Waals surface area (Å²) < 4.78 is 6.66. The van der Waals surface area contributed by atoms with E-state index in [0.29, 0.717) is 23.8 Å². The minimum Gasteiger partial charge on any atom is -0.508 e. The SMILES string of the molecule is C[C@@H]1C[C@H]2C[C@@H]2/C=C\C=C\C(O[Si](C)(C)C(C)(C)C)Cc2cc(O)cc(O)c2C(=O)N1. The minimum atomic E-state index is -2.08. The van der Waals surface area contributed by atoms with Crippen molar-refractivity contribution < 1.29 is 19.4 Å². The minimum absolute atomic E-state index is 0.00899. The summed E-state index contributed by atoms with van der Waals surface area (Å²) in [5, 5.41) is 23.7. The highest BCUT2D eigenvalue weighted by Crippen LogP contribution is 2.43. The van der Waals surface area contributed by atoms with Crippen molar-refractivity contribution >= 4 is 14.2 Å². The van der Waals surface area contributed by atoms with E-state index >= 15 is 0 Å². The molecule has 5 nitrogen and oxygen atoms in total. The summed E-state index contributed by atoms with van der Waals surface area (Å²) in [6, 6.07) is 2.80. The van der Waals surface area contributed by atoms with Gasteiger partial charge < -0.3 is 20.0 Å². The molecule has 3 N–H and O–H groups in total. The van der Waals surface area contributed by atoms with Crippen LogP contribution in [0.1, 0.15) is 56.5 Å². The van der Waals surface area contributed by atoms with E-state index in [1.165, 1.54) is 6.07 Å². The molecule has 4 atom stereocenters. The highest BCUT2D eigenvalue weighted by molar-refractivity contribution is 6.74. The van der Waals surface area contributed by atoms with Crippen LogP contribution >= 0.6 is 0 Å². The average molecular weight is 444 g/mol. The van der Waals surface area contributed by atoms with E-state index in [1.807, 2.05) is 19.1 Å². The number of phenolic OH excluding ortho intramolecular Hbond substituents is 2. The lowest BCUT2D eigenvalue weighted by atomic mass is 9.98. The normalized spacial score (nSPS) is 29.2. The van der Waals surface area contributed by atoms with Crippen LogP contribution in [0.3, 0.4) is 0 Å². The molecular weight excluding hydrogens is 406 g/mol. The number of nitrogens with one attached hydrogen (secondary N) is 1. The number of carbonyl (C=O) groups excluding carboxylic acids is 1. The summed E-state index contributed by atoms with van der Waals surface area (Å²) in [4.78, 5) is 13.1. The molecule has 0 bridgehead atoms. The quantitative estimate of drug-likeness (QED) is 0.542. The highest BCUT2D eigenvalue weighted by Gasteiger charge is 2.39. The monoisotopic (exact) mass is 443 g/mol. The number of fused-ring (bicyclic) bond motifs is 2. The predicted molar refractivity (Wildman–Crippen MR) is 127 cm³/mol. The summed E-state index contributed by atoms with van der Waals surface area (Å²) in [5.74, 6) is 0.569. The first-order valence-corrected chi connectivity index (χ1v) is 14.2. The zero-order valence-corrected chi connectivity index (χ0v) is 20.6. The molecule has 3 rings (SSSR count). The zero-order valence-electron chi connectivity index (χ0n) is 19.6. The average Bonchev–Trinajstić information content (AvgIpc) is 3.33. The summed E-state index contributed by atoms with van der Waals surface area (Å²) in [6.07, 6.45) is 10.6. The van der Waals surface area contributed by atoms with Gasteiger partial charge in [-0.25, -0.2) is 0 Å². The second kappa shape index (κ2) is 8.83. The molecule has 1 heterocycles. The Hall–Kier alpha value is -2.05. The third-order valence-corrected chi connectivity index (χ3v) is 11.4. The van der Waals surface area contributed by atoms with E-state index < -0.39 is 8.32 Å². The maximum absolute atomic E-state index is 13.1. The van der Waals surface area contributed by atoms with Crippen LogP contribution in [0, 0.1) is 11.8 Å². The van der Waals surface area contributed by atoms with E-state index in [1.54, 1.807) is 6.07 Å². The van der Waals surface area contributed by atoms with Crippen LogP contribution in [0.2, 0.25) is 18.1 Å². The third kappa shape index (κ3) is 5.80. The van der Waals surface area contributed by atoms with Gasteiger partial charge in [-0.05, 0) is 61.4 Å². The number of benzene rings is 1. The molecule has 1 unspecified atom stereocenters. The van der Waals surface area contributed by atoms with Crippen LogP contribution in [0.4, 0.5) is 0 Å². The number of hydrogen-bond donors (Lipinski definition) is 3. The van der Waals surface area contributed by atoms with E-state index in [0.717, 1.165) is 12.8 Å². The van der Waals surface area contributed by atoms with Gasteiger partial charge in [-0.2, -0.15) is 0 Å². The first-order chi connectivity index (χ1) is 14.4. The van der Waals surface area contributed by atoms with E-state index in [2.05, 4.69) is 51.3 Å². The maximum atomic E-state index is 13.1. The lowest BCUT2D eigenvalue weighted by Gasteiger charge is -2.38. The molecular formula is C25H37NO4Si. The number of aromatic hydroxyl groups is 2. The zero-order chi connectivity index (χ0) is 23.0. The van der Waals surface area contributed by atoms with Gasteiger partial charge >= 0.3 is 0 Å². The second-order valence-electron chi connectivity index (χ2n) is 10.7. The van der Waals surface area contributed by atoms with Gasteiger partial charge in [0.25, 0.3) is 5.91 Å². The van der Waals surface area contributed by atoms with E-state index in [4.69, 9.17) is 4.43 Å². The summed E-state index contributed by atoms with van der Waals surface area (Å²) in [7, 11) is -2.08. The van der Waals surface area contributed by atoms with Crippen LogP contribution in [0.15, 0.2) is 36.4 Å². The van der Waals surface area contributed by atoms with E-state index in [9.17, 15) is 15.0 Å². The Bertz CT molecular complexity index is 884. The van der Waals surface area contributed by atoms with Crippen LogP contribution in [0.25, 0.3) is 0 Å². The lowest BCUT2D eigenvalue weighted by Crippen LogP contribution is -2.44. The van der Waals surface area contributed by atoms with Gasteiger partial charge in [0, 0.05) is 18.5 Å². The summed E-state index contributed by atoms with van der Waals surface area (Å²) in [5.41, 5.74) is 0.808. The van der Waals surface area contributed by atoms with Crippen molar-refractivity contribution in [1.29, 1.82) is 0 Å². The van der Waals surface area contributed by atoms with Gasteiger partial charge in [0.1, 0.15) is 11.5 Å².